The van der Waals surface area contributed by atoms with Crippen molar-refractivity contribution in [1.82, 2.24) is 0 Å². The zero-order valence-electron chi connectivity index (χ0n) is 8.05. The summed E-state index contributed by atoms with van der Waals surface area (Å²) in [5, 5.41) is 0. The molecule has 1 aliphatic carbocycles. The molecule has 82 valence electrons. The van der Waals surface area contributed by atoms with Crippen LogP contribution in [0.4, 0.5) is 8.78 Å². The van der Waals surface area contributed by atoms with E-state index in [4.69, 9.17) is 4.74 Å². The second-order valence-electron chi connectivity index (χ2n) is 3.74. The van der Waals surface area contributed by atoms with Gasteiger partial charge in [-0.05, 0) is 37.0 Å². The lowest BCUT2D eigenvalue weighted by molar-refractivity contribution is 0.150. The van der Waals surface area contributed by atoms with Crippen LogP contribution in [0.3, 0.4) is 0 Å². The molecular formula is C11H11BrF2O. The van der Waals surface area contributed by atoms with Crippen LogP contribution in [0.5, 0.6) is 5.75 Å². The van der Waals surface area contributed by atoms with Gasteiger partial charge in [0.1, 0.15) is 5.75 Å². The quantitative estimate of drug-likeness (QED) is 0.802. The Morgan fingerprint density at radius 1 is 1.40 bits per heavy atom. The molecule has 0 unspecified atom stereocenters. The van der Waals surface area contributed by atoms with Crippen molar-refractivity contribution in [2.45, 2.75) is 19.3 Å². The van der Waals surface area contributed by atoms with Crippen molar-refractivity contribution in [2.75, 3.05) is 6.61 Å². The van der Waals surface area contributed by atoms with E-state index in [9.17, 15) is 8.78 Å². The molecule has 0 aromatic heterocycles. The van der Waals surface area contributed by atoms with Gasteiger partial charge in [-0.2, -0.15) is 0 Å². The molecule has 0 N–H and O–H groups in total. The summed E-state index contributed by atoms with van der Waals surface area (Å²) >= 11 is 3.11. The van der Waals surface area contributed by atoms with Crippen molar-refractivity contribution in [2.24, 2.45) is 5.92 Å². The summed E-state index contributed by atoms with van der Waals surface area (Å²) in [5.74, 6) is 1.32. The van der Waals surface area contributed by atoms with E-state index in [0.717, 1.165) is 0 Å². The summed E-state index contributed by atoms with van der Waals surface area (Å²) in [6, 6.07) is 4.59. The first-order chi connectivity index (χ1) is 7.16. The molecule has 0 atom stereocenters. The van der Waals surface area contributed by atoms with Crippen molar-refractivity contribution >= 4 is 15.9 Å². The lowest BCUT2D eigenvalue weighted by Gasteiger charge is -2.08. The third-order valence-electron chi connectivity index (χ3n) is 2.39. The van der Waals surface area contributed by atoms with E-state index in [1.54, 1.807) is 12.1 Å². The second-order valence-corrected chi connectivity index (χ2v) is 4.59. The van der Waals surface area contributed by atoms with Gasteiger partial charge in [-0.3, -0.25) is 0 Å². The average molecular weight is 277 g/mol. The molecule has 15 heavy (non-hydrogen) atoms. The van der Waals surface area contributed by atoms with Crippen LogP contribution in [0, 0.1) is 5.92 Å². The maximum absolute atomic E-state index is 12.4. The van der Waals surface area contributed by atoms with E-state index < -0.39 is 6.43 Å². The van der Waals surface area contributed by atoms with Crippen molar-refractivity contribution in [3.05, 3.63) is 28.2 Å². The minimum atomic E-state index is -2.45. The highest BCUT2D eigenvalue weighted by Crippen LogP contribution is 2.32. The van der Waals surface area contributed by atoms with Gasteiger partial charge >= 0.3 is 0 Å². The highest BCUT2D eigenvalue weighted by molar-refractivity contribution is 9.10. The molecule has 0 radical (unpaired) electrons. The predicted molar refractivity (Wildman–Crippen MR) is 57.3 cm³/mol. The minimum Gasteiger partial charge on any atom is -0.493 e. The van der Waals surface area contributed by atoms with Crippen LogP contribution in [0.2, 0.25) is 0 Å². The molecule has 1 aromatic carbocycles. The Labute approximate surface area is 95.6 Å². The highest BCUT2D eigenvalue weighted by atomic mass is 79.9. The van der Waals surface area contributed by atoms with E-state index in [1.165, 1.54) is 18.9 Å². The van der Waals surface area contributed by atoms with Crippen molar-refractivity contribution < 1.29 is 13.5 Å². The molecule has 2 rings (SSSR count). The Morgan fingerprint density at radius 2 is 2.13 bits per heavy atom. The van der Waals surface area contributed by atoms with Gasteiger partial charge in [-0.15, -0.1) is 0 Å². The van der Waals surface area contributed by atoms with Crippen LogP contribution in [-0.4, -0.2) is 6.61 Å². The van der Waals surface area contributed by atoms with Gasteiger partial charge in [-0.25, -0.2) is 8.78 Å². The fourth-order valence-electron chi connectivity index (χ4n) is 1.27. The summed E-state index contributed by atoms with van der Waals surface area (Å²) in [6.07, 6.45) is -0.0103. The molecule has 0 amide bonds. The number of benzene rings is 1. The first-order valence-corrected chi connectivity index (χ1v) is 5.66. The van der Waals surface area contributed by atoms with Crippen LogP contribution < -0.4 is 4.74 Å². The monoisotopic (exact) mass is 276 g/mol. The maximum atomic E-state index is 12.4. The third kappa shape index (κ3) is 2.91. The van der Waals surface area contributed by atoms with Crippen LogP contribution in [-0.2, 0) is 0 Å². The topological polar surface area (TPSA) is 9.23 Å². The Morgan fingerprint density at radius 3 is 2.67 bits per heavy atom. The molecule has 1 aromatic rings. The largest absolute Gasteiger partial charge is 0.493 e. The number of alkyl halides is 2. The molecule has 0 heterocycles. The molecular weight excluding hydrogens is 266 g/mol. The van der Waals surface area contributed by atoms with Crippen molar-refractivity contribution in [3.8, 4) is 5.75 Å². The van der Waals surface area contributed by atoms with E-state index in [-0.39, 0.29) is 5.56 Å². The zero-order valence-corrected chi connectivity index (χ0v) is 9.64. The molecule has 1 saturated carbocycles. The minimum absolute atomic E-state index is 0.00812. The Hall–Kier alpha value is -0.640. The molecule has 0 bridgehead atoms. The number of halogens is 3. The van der Waals surface area contributed by atoms with E-state index >= 15 is 0 Å². The molecule has 0 spiro atoms. The third-order valence-corrected chi connectivity index (χ3v) is 3.08. The Balaban J connectivity index is 2.03. The first kappa shape index (κ1) is 10.9. The SMILES string of the molecule is FC(F)c1ccc(OCC2CC2)cc1Br. The molecule has 1 nitrogen and oxygen atoms in total. The predicted octanol–water partition coefficient (Wildman–Crippen LogP) is 4.18. The summed E-state index contributed by atoms with van der Waals surface area (Å²) < 4.78 is 30.7. The summed E-state index contributed by atoms with van der Waals surface area (Å²) in [7, 11) is 0. The fourth-order valence-corrected chi connectivity index (χ4v) is 1.80. The second kappa shape index (κ2) is 4.47. The fraction of sp³-hybridized carbons (Fsp3) is 0.455. The summed E-state index contributed by atoms with van der Waals surface area (Å²) in [4.78, 5) is 0. The highest BCUT2D eigenvalue weighted by Gasteiger charge is 2.22. The Kier molecular flexibility index (Phi) is 3.24. The number of hydrogen-bond donors (Lipinski definition) is 0. The molecule has 4 heteroatoms. The summed E-state index contributed by atoms with van der Waals surface area (Å²) in [5.41, 5.74) is 0.00812. The van der Waals surface area contributed by atoms with Crippen LogP contribution in [0.25, 0.3) is 0 Å². The van der Waals surface area contributed by atoms with Gasteiger partial charge in [0.25, 0.3) is 6.43 Å². The molecule has 0 saturated heterocycles. The molecule has 1 fully saturated rings. The molecule has 0 aliphatic heterocycles. The van der Waals surface area contributed by atoms with E-state index in [1.807, 2.05) is 0 Å². The van der Waals surface area contributed by atoms with Gasteiger partial charge in [0.05, 0.1) is 6.61 Å². The van der Waals surface area contributed by atoms with Gasteiger partial charge in [0.15, 0.2) is 0 Å². The van der Waals surface area contributed by atoms with E-state index in [0.29, 0.717) is 22.7 Å². The number of hydrogen-bond acceptors (Lipinski definition) is 1. The smallest absolute Gasteiger partial charge is 0.264 e. The number of rotatable bonds is 4. The van der Waals surface area contributed by atoms with Gasteiger partial charge in [0.2, 0.25) is 0 Å². The van der Waals surface area contributed by atoms with Crippen LogP contribution in [0.15, 0.2) is 22.7 Å². The molecule has 1 aliphatic rings. The maximum Gasteiger partial charge on any atom is 0.264 e. The van der Waals surface area contributed by atoms with Gasteiger partial charge in [0, 0.05) is 10.0 Å². The first-order valence-electron chi connectivity index (χ1n) is 4.87. The van der Waals surface area contributed by atoms with Crippen LogP contribution >= 0.6 is 15.9 Å². The van der Waals surface area contributed by atoms with Crippen molar-refractivity contribution in [3.63, 3.8) is 0 Å². The normalized spacial score (nSPS) is 15.7. The van der Waals surface area contributed by atoms with E-state index in [2.05, 4.69) is 15.9 Å². The lowest BCUT2D eigenvalue weighted by atomic mass is 10.2. The number of ether oxygens (including phenoxy) is 1. The van der Waals surface area contributed by atoms with Gasteiger partial charge in [-0.1, -0.05) is 15.9 Å². The Bertz CT molecular complexity index is 350. The van der Waals surface area contributed by atoms with Crippen LogP contribution in [0.1, 0.15) is 24.8 Å². The van der Waals surface area contributed by atoms with Gasteiger partial charge < -0.3 is 4.74 Å². The average Bonchev–Trinajstić information content (AvgIpc) is 2.97. The standard InChI is InChI=1S/C11H11BrF2O/c12-10-5-8(15-6-7-1-2-7)3-4-9(10)11(13)14/h3-5,7,11H,1-2,6H2. The zero-order chi connectivity index (χ0) is 10.8. The summed E-state index contributed by atoms with van der Waals surface area (Å²) in [6.45, 7) is 0.695. The van der Waals surface area contributed by atoms with Crippen molar-refractivity contribution in [1.29, 1.82) is 0 Å². The lowest BCUT2D eigenvalue weighted by Crippen LogP contribution is -1.99.